The molecule has 3 heteroatoms. The fourth-order valence-electron chi connectivity index (χ4n) is 1.67. The van der Waals surface area contributed by atoms with Crippen molar-refractivity contribution >= 4 is 6.29 Å². The summed E-state index contributed by atoms with van der Waals surface area (Å²) in [5.74, 6) is -0.387. The Morgan fingerprint density at radius 2 is 2.00 bits per heavy atom. The molecule has 0 atom stereocenters. The normalized spacial score (nSPS) is 20.5. The zero-order valence-corrected chi connectivity index (χ0v) is 9.62. The third kappa shape index (κ3) is 4.58. The Morgan fingerprint density at radius 3 is 2.60 bits per heavy atom. The third-order valence-electron chi connectivity index (χ3n) is 2.65. The SMILES string of the molecule is C/C(=C/CCC1(C)OCCO1)CCC=O. The molecule has 0 aromatic heterocycles. The van der Waals surface area contributed by atoms with Crippen LogP contribution in [0.5, 0.6) is 0 Å². The molecule has 0 radical (unpaired) electrons. The number of hydrogen-bond acceptors (Lipinski definition) is 3. The van der Waals surface area contributed by atoms with Gasteiger partial charge in [0.2, 0.25) is 0 Å². The van der Waals surface area contributed by atoms with Gasteiger partial charge in [-0.3, -0.25) is 0 Å². The molecule has 1 heterocycles. The molecular weight excluding hydrogens is 192 g/mol. The molecule has 1 saturated heterocycles. The van der Waals surface area contributed by atoms with Gasteiger partial charge >= 0.3 is 0 Å². The van der Waals surface area contributed by atoms with Gasteiger partial charge in [-0.25, -0.2) is 0 Å². The number of carbonyl (C=O) groups is 1. The van der Waals surface area contributed by atoms with E-state index in [0.29, 0.717) is 19.6 Å². The van der Waals surface area contributed by atoms with E-state index in [-0.39, 0.29) is 5.79 Å². The number of carbonyl (C=O) groups excluding carboxylic acids is 1. The number of aldehydes is 1. The van der Waals surface area contributed by atoms with Crippen LogP contribution in [0.15, 0.2) is 11.6 Å². The number of rotatable bonds is 6. The zero-order valence-electron chi connectivity index (χ0n) is 9.62. The standard InChI is InChI=1S/C12H20O3/c1-11(6-4-8-13)5-3-7-12(2)14-9-10-15-12/h5,8H,3-4,6-7,9-10H2,1-2H3/b11-5-. The maximum atomic E-state index is 10.2. The third-order valence-corrected chi connectivity index (χ3v) is 2.65. The molecule has 0 bridgehead atoms. The molecule has 1 rings (SSSR count). The van der Waals surface area contributed by atoms with E-state index in [1.54, 1.807) is 0 Å². The molecule has 0 unspecified atom stereocenters. The van der Waals surface area contributed by atoms with Crippen LogP contribution in [0.3, 0.4) is 0 Å². The van der Waals surface area contributed by atoms with E-state index in [1.165, 1.54) is 5.57 Å². The highest BCUT2D eigenvalue weighted by Crippen LogP contribution is 2.24. The van der Waals surface area contributed by atoms with Gasteiger partial charge in [0.15, 0.2) is 5.79 Å². The predicted octanol–water partition coefficient (Wildman–Crippen LogP) is 2.46. The quantitative estimate of drug-likeness (QED) is 0.501. The molecule has 0 aromatic rings. The molecule has 0 aromatic carbocycles. The Labute approximate surface area is 91.4 Å². The van der Waals surface area contributed by atoms with Crippen LogP contribution in [0, 0.1) is 0 Å². The monoisotopic (exact) mass is 212 g/mol. The van der Waals surface area contributed by atoms with Crippen molar-refractivity contribution in [2.75, 3.05) is 13.2 Å². The van der Waals surface area contributed by atoms with Gasteiger partial charge in [0.05, 0.1) is 13.2 Å². The van der Waals surface area contributed by atoms with Gasteiger partial charge in [-0.1, -0.05) is 11.6 Å². The van der Waals surface area contributed by atoms with Gasteiger partial charge in [0.1, 0.15) is 6.29 Å². The van der Waals surface area contributed by atoms with Gasteiger partial charge < -0.3 is 14.3 Å². The second-order valence-electron chi connectivity index (χ2n) is 4.13. The van der Waals surface area contributed by atoms with Crippen molar-refractivity contribution in [1.82, 2.24) is 0 Å². The lowest BCUT2D eigenvalue weighted by Crippen LogP contribution is -2.24. The minimum absolute atomic E-state index is 0.387. The maximum absolute atomic E-state index is 10.2. The van der Waals surface area contributed by atoms with E-state index in [4.69, 9.17) is 9.47 Å². The van der Waals surface area contributed by atoms with Crippen LogP contribution in [0.25, 0.3) is 0 Å². The first-order chi connectivity index (χ1) is 7.16. The summed E-state index contributed by atoms with van der Waals surface area (Å²) in [5, 5.41) is 0. The molecule has 0 spiro atoms. The van der Waals surface area contributed by atoms with Crippen molar-refractivity contribution in [2.45, 2.75) is 45.3 Å². The number of hydrogen-bond donors (Lipinski definition) is 0. The fourth-order valence-corrected chi connectivity index (χ4v) is 1.67. The summed E-state index contributed by atoms with van der Waals surface area (Å²) >= 11 is 0. The minimum atomic E-state index is -0.387. The van der Waals surface area contributed by atoms with E-state index in [1.807, 2.05) is 6.92 Å². The highest BCUT2D eigenvalue weighted by Gasteiger charge is 2.29. The molecule has 0 saturated carbocycles. The molecule has 1 aliphatic heterocycles. The van der Waals surface area contributed by atoms with Crippen LogP contribution >= 0.6 is 0 Å². The molecule has 86 valence electrons. The Balaban J connectivity index is 2.21. The summed E-state index contributed by atoms with van der Waals surface area (Å²) in [6.07, 6.45) is 6.43. The highest BCUT2D eigenvalue weighted by molar-refractivity contribution is 5.49. The van der Waals surface area contributed by atoms with E-state index in [0.717, 1.165) is 25.5 Å². The summed E-state index contributed by atoms with van der Waals surface area (Å²) in [6, 6.07) is 0. The summed E-state index contributed by atoms with van der Waals surface area (Å²) in [6.45, 7) is 5.44. The molecule has 1 fully saturated rings. The van der Waals surface area contributed by atoms with Gasteiger partial charge in [0, 0.05) is 12.8 Å². The average molecular weight is 212 g/mol. The first kappa shape index (κ1) is 12.4. The van der Waals surface area contributed by atoms with Gasteiger partial charge in [-0.2, -0.15) is 0 Å². The maximum Gasteiger partial charge on any atom is 0.166 e. The van der Waals surface area contributed by atoms with Crippen LogP contribution in [-0.4, -0.2) is 25.3 Å². The Morgan fingerprint density at radius 1 is 1.33 bits per heavy atom. The van der Waals surface area contributed by atoms with E-state index in [9.17, 15) is 4.79 Å². The van der Waals surface area contributed by atoms with Crippen LogP contribution < -0.4 is 0 Å². The van der Waals surface area contributed by atoms with Crippen LogP contribution in [-0.2, 0) is 14.3 Å². The molecule has 1 aliphatic rings. The summed E-state index contributed by atoms with van der Waals surface area (Å²) in [5.41, 5.74) is 1.27. The topological polar surface area (TPSA) is 35.5 Å². The van der Waals surface area contributed by atoms with E-state index < -0.39 is 0 Å². The van der Waals surface area contributed by atoms with Crippen molar-refractivity contribution in [3.8, 4) is 0 Å². The van der Waals surface area contributed by atoms with Crippen molar-refractivity contribution in [3.63, 3.8) is 0 Å². The second-order valence-corrected chi connectivity index (χ2v) is 4.13. The molecule has 0 amide bonds. The van der Waals surface area contributed by atoms with Gasteiger partial charge in [-0.15, -0.1) is 0 Å². The average Bonchev–Trinajstić information content (AvgIpc) is 2.62. The van der Waals surface area contributed by atoms with Crippen molar-refractivity contribution in [2.24, 2.45) is 0 Å². The minimum Gasteiger partial charge on any atom is -0.348 e. The molecular formula is C12H20O3. The fraction of sp³-hybridized carbons (Fsp3) is 0.750. The lowest BCUT2D eigenvalue weighted by Gasteiger charge is -2.21. The van der Waals surface area contributed by atoms with Crippen molar-refractivity contribution < 1.29 is 14.3 Å². The van der Waals surface area contributed by atoms with E-state index in [2.05, 4.69) is 13.0 Å². The molecule has 15 heavy (non-hydrogen) atoms. The summed E-state index contributed by atoms with van der Waals surface area (Å²) in [7, 11) is 0. The largest absolute Gasteiger partial charge is 0.348 e. The van der Waals surface area contributed by atoms with Crippen LogP contribution in [0.4, 0.5) is 0 Å². The Bertz CT molecular complexity index is 227. The van der Waals surface area contributed by atoms with Crippen LogP contribution in [0.1, 0.15) is 39.5 Å². The Hall–Kier alpha value is -0.670. The summed E-state index contributed by atoms with van der Waals surface area (Å²) < 4.78 is 11.0. The first-order valence-electron chi connectivity index (χ1n) is 5.53. The number of ether oxygens (including phenoxy) is 2. The highest BCUT2D eigenvalue weighted by atomic mass is 16.7. The van der Waals surface area contributed by atoms with Gasteiger partial charge in [0.25, 0.3) is 0 Å². The Kier molecular flexibility index (Phi) is 4.99. The second kappa shape index (κ2) is 6.03. The number of allylic oxidation sites excluding steroid dienone is 2. The van der Waals surface area contributed by atoms with Crippen molar-refractivity contribution in [1.29, 1.82) is 0 Å². The molecule has 0 aliphatic carbocycles. The summed E-state index contributed by atoms with van der Waals surface area (Å²) in [4.78, 5) is 10.2. The molecule has 0 N–H and O–H groups in total. The van der Waals surface area contributed by atoms with Crippen molar-refractivity contribution in [3.05, 3.63) is 11.6 Å². The molecule has 3 nitrogen and oxygen atoms in total. The zero-order chi connectivity index (χ0) is 11.1. The lowest BCUT2D eigenvalue weighted by atomic mass is 10.1. The van der Waals surface area contributed by atoms with Gasteiger partial charge in [-0.05, 0) is 26.7 Å². The van der Waals surface area contributed by atoms with Crippen LogP contribution in [0.2, 0.25) is 0 Å². The smallest absolute Gasteiger partial charge is 0.166 e. The lowest BCUT2D eigenvalue weighted by molar-refractivity contribution is -0.145. The van der Waals surface area contributed by atoms with E-state index >= 15 is 0 Å². The first-order valence-corrected chi connectivity index (χ1v) is 5.53. The predicted molar refractivity (Wildman–Crippen MR) is 58.6 cm³/mol.